The predicted octanol–water partition coefficient (Wildman–Crippen LogP) is 3.05. The standard InChI is InChI=1S/C14H27NO2/c1-5-7-8-9-10-17-13(6-2)11-15-14(16)12(3)4/h13H,3,5-11H2,1-2,4H3,(H,15,16). The molecule has 0 heterocycles. The predicted molar refractivity (Wildman–Crippen MR) is 72.0 cm³/mol. The van der Waals surface area contributed by atoms with Gasteiger partial charge in [0.15, 0.2) is 0 Å². The lowest BCUT2D eigenvalue weighted by Crippen LogP contribution is -2.33. The molecule has 0 rings (SSSR count). The Bertz CT molecular complexity index is 226. The van der Waals surface area contributed by atoms with Gasteiger partial charge in [0.05, 0.1) is 6.10 Å². The fourth-order valence-electron chi connectivity index (χ4n) is 1.46. The number of amides is 1. The van der Waals surface area contributed by atoms with Crippen LogP contribution in [0.5, 0.6) is 0 Å². The number of ether oxygens (including phenoxy) is 1. The molecular weight excluding hydrogens is 214 g/mol. The van der Waals surface area contributed by atoms with Crippen molar-refractivity contribution in [2.75, 3.05) is 13.2 Å². The minimum absolute atomic E-state index is 0.0852. The van der Waals surface area contributed by atoms with Crippen molar-refractivity contribution >= 4 is 5.91 Å². The van der Waals surface area contributed by atoms with Crippen molar-refractivity contribution in [1.29, 1.82) is 0 Å². The number of hydrogen-bond donors (Lipinski definition) is 1. The second-order valence-corrected chi connectivity index (χ2v) is 4.45. The van der Waals surface area contributed by atoms with Crippen LogP contribution < -0.4 is 5.32 Å². The van der Waals surface area contributed by atoms with E-state index in [9.17, 15) is 4.79 Å². The third kappa shape index (κ3) is 8.93. The van der Waals surface area contributed by atoms with Crippen molar-refractivity contribution in [3.05, 3.63) is 12.2 Å². The normalized spacial score (nSPS) is 12.2. The molecule has 3 heteroatoms. The Morgan fingerprint density at radius 3 is 2.53 bits per heavy atom. The summed E-state index contributed by atoms with van der Waals surface area (Å²) in [5.74, 6) is -0.0852. The molecule has 0 spiro atoms. The van der Waals surface area contributed by atoms with Gasteiger partial charge >= 0.3 is 0 Å². The Hall–Kier alpha value is -0.830. The second kappa shape index (κ2) is 10.3. The van der Waals surface area contributed by atoms with Crippen LogP contribution in [0, 0.1) is 0 Å². The Morgan fingerprint density at radius 2 is 2.00 bits per heavy atom. The summed E-state index contributed by atoms with van der Waals surface area (Å²) in [4.78, 5) is 11.3. The van der Waals surface area contributed by atoms with Gasteiger partial charge in [0.25, 0.3) is 0 Å². The van der Waals surface area contributed by atoms with Crippen molar-refractivity contribution in [3.8, 4) is 0 Å². The SMILES string of the molecule is C=C(C)C(=O)NCC(CC)OCCCCCC. The van der Waals surface area contributed by atoms with E-state index in [2.05, 4.69) is 25.7 Å². The summed E-state index contributed by atoms with van der Waals surface area (Å²) in [7, 11) is 0. The molecule has 1 amide bonds. The summed E-state index contributed by atoms with van der Waals surface area (Å²) in [6.45, 7) is 11.0. The van der Waals surface area contributed by atoms with E-state index in [1.807, 2.05) is 0 Å². The highest BCUT2D eigenvalue weighted by Gasteiger charge is 2.08. The molecule has 0 aliphatic heterocycles. The van der Waals surface area contributed by atoms with Gasteiger partial charge < -0.3 is 10.1 Å². The number of unbranched alkanes of at least 4 members (excludes halogenated alkanes) is 3. The number of hydrogen-bond acceptors (Lipinski definition) is 2. The molecular formula is C14H27NO2. The van der Waals surface area contributed by atoms with Crippen LogP contribution in [-0.4, -0.2) is 25.2 Å². The van der Waals surface area contributed by atoms with Gasteiger partial charge in [-0.25, -0.2) is 0 Å². The first-order valence-electron chi connectivity index (χ1n) is 6.67. The fraction of sp³-hybridized carbons (Fsp3) is 0.786. The number of carbonyl (C=O) groups excluding carboxylic acids is 1. The van der Waals surface area contributed by atoms with E-state index in [0.717, 1.165) is 19.4 Å². The number of rotatable bonds is 10. The molecule has 3 nitrogen and oxygen atoms in total. The Balaban J connectivity index is 3.62. The highest BCUT2D eigenvalue weighted by atomic mass is 16.5. The summed E-state index contributed by atoms with van der Waals surface area (Å²) >= 11 is 0. The molecule has 0 aromatic rings. The Labute approximate surface area is 106 Å². The molecule has 1 unspecified atom stereocenters. The zero-order chi connectivity index (χ0) is 13.1. The van der Waals surface area contributed by atoms with E-state index in [-0.39, 0.29) is 12.0 Å². The maximum atomic E-state index is 11.3. The zero-order valence-corrected chi connectivity index (χ0v) is 11.6. The van der Waals surface area contributed by atoms with Crippen molar-refractivity contribution in [3.63, 3.8) is 0 Å². The van der Waals surface area contributed by atoms with Crippen LogP contribution >= 0.6 is 0 Å². The van der Waals surface area contributed by atoms with Gasteiger partial charge in [-0.1, -0.05) is 39.7 Å². The largest absolute Gasteiger partial charge is 0.376 e. The molecule has 0 aliphatic carbocycles. The molecule has 1 N–H and O–H groups in total. The van der Waals surface area contributed by atoms with Crippen LogP contribution in [0.4, 0.5) is 0 Å². The van der Waals surface area contributed by atoms with Crippen molar-refractivity contribution < 1.29 is 9.53 Å². The first-order chi connectivity index (χ1) is 8.11. The lowest BCUT2D eigenvalue weighted by molar-refractivity contribution is -0.118. The minimum Gasteiger partial charge on any atom is -0.376 e. The average molecular weight is 241 g/mol. The number of nitrogens with one attached hydrogen (secondary N) is 1. The molecule has 0 saturated heterocycles. The Morgan fingerprint density at radius 1 is 1.29 bits per heavy atom. The lowest BCUT2D eigenvalue weighted by Gasteiger charge is -2.16. The van der Waals surface area contributed by atoms with Crippen LogP contribution in [0.1, 0.15) is 52.9 Å². The molecule has 0 aliphatic rings. The van der Waals surface area contributed by atoms with Crippen molar-refractivity contribution in [1.82, 2.24) is 5.32 Å². The van der Waals surface area contributed by atoms with Gasteiger partial charge in [-0.05, 0) is 19.8 Å². The van der Waals surface area contributed by atoms with Gasteiger partial charge in [0.2, 0.25) is 5.91 Å². The molecule has 0 bridgehead atoms. The van der Waals surface area contributed by atoms with Crippen LogP contribution in [0.3, 0.4) is 0 Å². The molecule has 17 heavy (non-hydrogen) atoms. The topological polar surface area (TPSA) is 38.3 Å². The quantitative estimate of drug-likeness (QED) is 0.471. The first-order valence-corrected chi connectivity index (χ1v) is 6.67. The monoisotopic (exact) mass is 241 g/mol. The summed E-state index contributed by atoms with van der Waals surface area (Å²) in [5, 5.41) is 2.82. The first kappa shape index (κ1) is 16.2. The molecule has 100 valence electrons. The Kier molecular flexibility index (Phi) is 9.83. The molecule has 0 fully saturated rings. The minimum atomic E-state index is -0.0852. The summed E-state index contributed by atoms with van der Waals surface area (Å²) < 4.78 is 5.72. The molecule has 0 radical (unpaired) electrons. The molecule has 0 aromatic heterocycles. The maximum Gasteiger partial charge on any atom is 0.246 e. The van der Waals surface area contributed by atoms with E-state index in [1.165, 1.54) is 19.3 Å². The van der Waals surface area contributed by atoms with E-state index < -0.39 is 0 Å². The van der Waals surface area contributed by atoms with E-state index in [1.54, 1.807) is 6.92 Å². The van der Waals surface area contributed by atoms with Gasteiger partial charge in [0.1, 0.15) is 0 Å². The average Bonchev–Trinajstić information content (AvgIpc) is 2.32. The van der Waals surface area contributed by atoms with Crippen molar-refractivity contribution in [2.45, 2.75) is 59.0 Å². The number of carbonyl (C=O) groups is 1. The van der Waals surface area contributed by atoms with E-state index in [4.69, 9.17) is 4.74 Å². The fourth-order valence-corrected chi connectivity index (χ4v) is 1.46. The zero-order valence-electron chi connectivity index (χ0n) is 11.6. The molecule has 0 saturated carbocycles. The van der Waals surface area contributed by atoms with Crippen LogP contribution in [-0.2, 0) is 9.53 Å². The van der Waals surface area contributed by atoms with Crippen LogP contribution in [0.2, 0.25) is 0 Å². The van der Waals surface area contributed by atoms with Crippen molar-refractivity contribution in [2.24, 2.45) is 0 Å². The lowest BCUT2D eigenvalue weighted by atomic mass is 10.2. The maximum absolute atomic E-state index is 11.3. The van der Waals surface area contributed by atoms with Gasteiger partial charge in [-0.15, -0.1) is 0 Å². The molecule has 0 aromatic carbocycles. The second-order valence-electron chi connectivity index (χ2n) is 4.45. The third-order valence-electron chi connectivity index (χ3n) is 2.68. The molecule has 1 atom stereocenters. The van der Waals surface area contributed by atoms with E-state index in [0.29, 0.717) is 12.1 Å². The van der Waals surface area contributed by atoms with Gasteiger partial charge in [-0.2, -0.15) is 0 Å². The van der Waals surface area contributed by atoms with Crippen LogP contribution in [0.25, 0.3) is 0 Å². The van der Waals surface area contributed by atoms with Gasteiger partial charge in [0, 0.05) is 18.7 Å². The third-order valence-corrected chi connectivity index (χ3v) is 2.68. The smallest absolute Gasteiger partial charge is 0.246 e. The highest BCUT2D eigenvalue weighted by molar-refractivity contribution is 5.92. The summed E-state index contributed by atoms with van der Waals surface area (Å²) in [6, 6.07) is 0. The van der Waals surface area contributed by atoms with E-state index >= 15 is 0 Å². The van der Waals surface area contributed by atoms with Gasteiger partial charge in [-0.3, -0.25) is 4.79 Å². The highest BCUT2D eigenvalue weighted by Crippen LogP contribution is 2.03. The summed E-state index contributed by atoms with van der Waals surface area (Å²) in [5.41, 5.74) is 0.544. The van der Waals surface area contributed by atoms with Crippen LogP contribution in [0.15, 0.2) is 12.2 Å². The summed E-state index contributed by atoms with van der Waals surface area (Å²) in [6.07, 6.45) is 5.90.